The highest BCUT2D eigenvalue weighted by Gasteiger charge is 2.68. The van der Waals surface area contributed by atoms with E-state index in [0.717, 1.165) is 11.3 Å². The van der Waals surface area contributed by atoms with Crippen molar-refractivity contribution >= 4 is 22.4 Å². The number of nitrogens with zero attached hydrogens (tertiary/aromatic N) is 1. The summed E-state index contributed by atoms with van der Waals surface area (Å²) < 4.78 is 0. The van der Waals surface area contributed by atoms with Crippen LogP contribution in [0.3, 0.4) is 0 Å². The van der Waals surface area contributed by atoms with Gasteiger partial charge in [-0.2, -0.15) is 0 Å². The van der Waals surface area contributed by atoms with E-state index in [9.17, 15) is 4.79 Å². The first kappa shape index (κ1) is 14.3. The number of rotatable bonds is 3. The van der Waals surface area contributed by atoms with E-state index in [-0.39, 0.29) is 22.7 Å². The van der Waals surface area contributed by atoms with Crippen LogP contribution in [0.2, 0.25) is 0 Å². The Morgan fingerprint density at radius 1 is 1.14 bits per heavy atom. The monoisotopic (exact) mass is 300 g/mol. The molecule has 1 saturated carbocycles. The molecular formula is C17H20N2OS. The van der Waals surface area contributed by atoms with Crippen LogP contribution >= 0.6 is 11.3 Å². The van der Waals surface area contributed by atoms with Crippen LogP contribution in [0.4, 0.5) is 5.13 Å². The van der Waals surface area contributed by atoms with Gasteiger partial charge in [-0.1, -0.05) is 58.0 Å². The van der Waals surface area contributed by atoms with Crippen molar-refractivity contribution in [3.05, 3.63) is 35.7 Å². The van der Waals surface area contributed by atoms with E-state index >= 15 is 0 Å². The van der Waals surface area contributed by atoms with Crippen molar-refractivity contribution in [1.82, 2.24) is 4.98 Å². The van der Waals surface area contributed by atoms with Crippen molar-refractivity contribution in [3.63, 3.8) is 0 Å². The van der Waals surface area contributed by atoms with Gasteiger partial charge in [-0.15, -0.1) is 11.3 Å². The first-order valence-electron chi connectivity index (χ1n) is 7.16. The molecule has 1 amide bonds. The van der Waals surface area contributed by atoms with Crippen molar-refractivity contribution in [3.8, 4) is 11.3 Å². The number of aromatic nitrogens is 1. The number of carbonyl (C=O) groups excluding carboxylic acids is 1. The standard InChI is InChI=1S/C17H20N2OS/c1-16(2)13(17(16,3)4)14(20)19-15-18-12(10-21-15)11-8-6-5-7-9-11/h5-10,13H,1-4H3,(H,18,19,20). The van der Waals surface area contributed by atoms with Crippen LogP contribution < -0.4 is 5.32 Å². The molecule has 1 aliphatic carbocycles. The molecule has 0 bridgehead atoms. The summed E-state index contributed by atoms with van der Waals surface area (Å²) in [4.78, 5) is 16.9. The van der Waals surface area contributed by atoms with E-state index < -0.39 is 0 Å². The number of hydrogen-bond acceptors (Lipinski definition) is 3. The summed E-state index contributed by atoms with van der Waals surface area (Å²) in [5, 5.41) is 5.63. The summed E-state index contributed by atoms with van der Waals surface area (Å²) in [6, 6.07) is 10.0. The third-order valence-electron chi connectivity index (χ3n) is 5.09. The van der Waals surface area contributed by atoms with Gasteiger partial charge in [0.05, 0.1) is 5.69 Å². The Morgan fingerprint density at radius 2 is 1.76 bits per heavy atom. The smallest absolute Gasteiger partial charge is 0.230 e. The summed E-state index contributed by atoms with van der Waals surface area (Å²) in [7, 11) is 0. The Morgan fingerprint density at radius 3 is 2.33 bits per heavy atom. The van der Waals surface area contributed by atoms with E-state index in [0.29, 0.717) is 5.13 Å². The van der Waals surface area contributed by atoms with Gasteiger partial charge in [0, 0.05) is 16.9 Å². The van der Waals surface area contributed by atoms with E-state index in [1.807, 2.05) is 35.7 Å². The second kappa shape index (κ2) is 4.67. The summed E-state index contributed by atoms with van der Waals surface area (Å²) in [6.07, 6.45) is 0. The highest BCUT2D eigenvalue weighted by atomic mass is 32.1. The molecule has 3 nitrogen and oxygen atoms in total. The van der Waals surface area contributed by atoms with Gasteiger partial charge in [-0.3, -0.25) is 4.79 Å². The van der Waals surface area contributed by atoms with Gasteiger partial charge in [0.1, 0.15) is 0 Å². The molecule has 21 heavy (non-hydrogen) atoms. The topological polar surface area (TPSA) is 42.0 Å². The maximum absolute atomic E-state index is 12.4. The lowest BCUT2D eigenvalue weighted by Gasteiger charge is -2.03. The molecule has 1 fully saturated rings. The third-order valence-corrected chi connectivity index (χ3v) is 5.84. The largest absolute Gasteiger partial charge is 0.302 e. The fraction of sp³-hybridized carbons (Fsp3) is 0.412. The minimum absolute atomic E-state index is 0.0501. The van der Waals surface area contributed by atoms with Crippen LogP contribution in [0, 0.1) is 16.7 Å². The average Bonchev–Trinajstić information content (AvgIpc) is 2.77. The molecule has 0 aliphatic heterocycles. The molecule has 1 aromatic carbocycles. The van der Waals surface area contributed by atoms with Gasteiger partial charge in [-0.25, -0.2) is 4.98 Å². The molecule has 4 heteroatoms. The molecule has 1 N–H and O–H groups in total. The van der Waals surface area contributed by atoms with E-state index in [1.165, 1.54) is 11.3 Å². The summed E-state index contributed by atoms with van der Waals surface area (Å²) in [6.45, 7) is 8.59. The molecule has 1 aliphatic rings. The Hall–Kier alpha value is -1.68. The van der Waals surface area contributed by atoms with Crippen molar-refractivity contribution in [2.45, 2.75) is 27.7 Å². The van der Waals surface area contributed by atoms with E-state index in [1.54, 1.807) is 0 Å². The van der Waals surface area contributed by atoms with Gasteiger partial charge >= 0.3 is 0 Å². The van der Waals surface area contributed by atoms with Crippen LogP contribution in [0.1, 0.15) is 27.7 Å². The van der Waals surface area contributed by atoms with Crippen molar-refractivity contribution in [2.75, 3.05) is 5.32 Å². The van der Waals surface area contributed by atoms with Gasteiger partial charge in [0.2, 0.25) is 5.91 Å². The van der Waals surface area contributed by atoms with E-state index in [4.69, 9.17) is 0 Å². The highest BCUT2D eigenvalue weighted by Crippen LogP contribution is 2.68. The maximum atomic E-state index is 12.4. The summed E-state index contributed by atoms with van der Waals surface area (Å²) in [5.74, 6) is 0.132. The molecule has 110 valence electrons. The molecule has 2 aromatic rings. The van der Waals surface area contributed by atoms with Crippen molar-refractivity contribution in [1.29, 1.82) is 0 Å². The van der Waals surface area contributed by atoms with Crippen LogP contribution in [-0.2, 0) is 4.79 Å². The molecule has 0 atom stereocenters. The average molecular weight is 300 g/mol. The van der Waals surface area contributed by atoms with Crippen LogP contribution in [0.25, 0.3) is 11.3 Å². The number of benzene rings is 1. The minimum Gasteiger partial charge on any atom is -0.302 e. The van der Waals surface area contributed by atoms with Gasteiger partial charge in [0.25, 0.3) is 0 Å². The van der Waals surface area contributed by atoms with Crippen molar-refractivity contribution < 1.29 is 4.79 Å². The maximum Gasteiger partial charge on any atom is 0.230 e. The predicted octanol–water partition coefficient (Wildman–Crippen LogP) is 4.43. The van der Waals surface area contributed by atoms with Gasteiger partial charge in [-0.05, 0) is 10.8 Å². The van der Waals surface area contributed by atoms with Crippen molar-refractivity contribution in [2.24, 2.45) is 16.7 Å². The lowest BCUT2D eigenvalue weighted by atomic mass is 10.0. The molecule has 1 aromatic heterocycles. The molecular weight excluding hydrogens is 280 g/mol. The van der Waals surface area contributed by atoms with Gasteiger partial charge < -0.3 is 5.32 Å². The zero-order chi connectivity index (χ0) is 15.3. The molecule has 0 saturated heterocycles. The SMILES string of the molecule is CC1(C)C(C(=O)Nc2nc(-c3ccccc3)cs2)C1(C)C. The minimum atomic E-state index is 0.0501. The molecule has 0 spiro atoms. The molecule has 1 heterocycles. The highest BCUT2D eigenvalue weighted by molar-refractivity contribution is 7.14. The first-order chi connectivity index (χ1) is 9.84. The Balaban J connectivity index is 1.73. The number of carbonyl (C=O) groups is 1. The Labute approximate surface area is 129 Å². The van der Waals surface area contributed by atoms with Crippen LogP contribution in [0.15, 0.2) is 35.7 Å². The fourth-order valence-electron chi connectivity index (χ4n) is 3.10. The first-order valence-corrected chi connectivity index (χ1v) is 8.04. The molecule has 0 radical (unpaired) electrons. The molecule has 3 rings (SSSR count). The number of hydrogen-bond donors (Lipinski definition) is 1. The van der Waals surface area contributed by atoms with E-state index in [2.05, 4.69) is 38.0 Å². The van der Waals surface area contributed by atoms with Crippen LogP contribution in [0.5, 0.6) is 0 Å². The van der Waals surface area contributed by atoms with Gasteiger partial charge in [0.15, 0.2) is 5.13 Å². The number of amides is 1. The summed E-state index contributed by atoms with van der Waals surface area (Å²) >= 11 is 1.48. The second-order valence-corrected chi connectivity index (χ2v) is 7.63. The third kappa shape index (κ3) is 2.27. The number of thiazole rings is 1. The zero-order valence-electron chi connectivity index (χ0n) is 12.8. The normalized spacial score (nSPS) is 19.2. The lowest BCUT2D eigenvalue weighted by Crippen LogP contribution is -2.17. The Bertz CT molecular complexity index is 659. The molecule has 0 unspecified atom stereocenters. The zero-order valence-corrected chi connectivity index (χ0v) is 13.6. The summed E-state index contributed by atoms with van der Waals surface area (Å²) in [5.41, 5.74) is 2.08. The quantitative estimate of drug-likeness (QED) is 0.911. The second-order valence-electron chi connectivity index (χ2n) is 6.77. The lowest BCUT2D eigenvalue weighted by molar-refractivity contribution is -0.118. The van der Waals surface area contributed by atoms with Crippen LogP contribution in [-0.4, -0.2) is 10.9 Å². The number of nitrogens with one attached hydrogen (secondary N) is 1. The Kier molecular flexibility index (Phi) is 3.17. The number of anilines is 1. The fourth-order valence-corrected chi connectivity index (χ4v) is 3.82. The predicted molar refractivity (Wildman–Crippen MR) is 87.2 cm³/mol.